The second-order valence-corrected chi connectivity index (χ2v) is 10.5. The van der Waals surface area contributed by atoms with Crippen molar-refractivity contribution in [2.75, 3.05) is 30.3 Å². The van der Waals surface area contributed by atoms with Gasteiger partial charge in [-0.3, -0.25) is 8.89 Å². The summed E-state index contributed by atoms with van der Waals surface area (Å²) < 4.78 is 14.6. The fourth-order valence-electron chi connectivity index (χ4n) is 4.84. The summed E-state index contributed by atoms with van der Waals surface area (Å²) >= 11 is 5.91. The van der Waals surface area contributed by atoms with Gasteiger partial charge in [-0.05, 0) is 32.1 Å². The van der Waals surface area contributed by atoms with Crippen molar-refractivity contribution in [1.82, 2.24) is 19.7 Å². The molecule has 1 unspecified atom stereocenters. The van der Waals surface area contributed by atoms with E-state index in [2.05, 4.69) is 14.9 Å². The van der Waals surface area contributed by atoms with Crippen LogP contribution in [-0.4, -0.2) is 54.5 Å². The number of hydrogen-bond acceptors (Lipinski definition) is 6. The van der Waals surface area contributed by atoms with Crippen LogP contribution in [0.1, 0.15) is 49.4 Å². The maximum Gasteiger partial charge on any atom is 0.155 e. The van der Waals surface area contributed by atoms with E-state index in [1.165, 1.54) is 0 Å². The van der Waals surface area contributed by atoms with E-state index in [0.717, 1.165) is 73.8 Å². The van der Waals surface area contributed by atoms with Gasteiger partial charge in [-0.15, -0.1) is 0 Å². The molecule has 2 fully saturated rings. The summed E-state index contributed by atoms with van der Waals surface area (Å²) in [6, 6.07) is 0. The molecular weight excluding hydrogens is 410 g/mol. The van der Waals surface area contributed by atoms with E-state index in [-0.39, 0.29) is 12.0 Å². The molecule has 0 aromatic carbocycles. The Morgan fingerprint density at radius 3 is 2.59 bits per heavy atom. The molecule has 0 amide bonds. The molecule has 156 valence electrons. The van der Waals surface area contributed by atoms with Gasteiger partial charge in [0.25, 0.3) is 0 Å². The number of nitrogens with zero attached hydrogens (tertiary/aromatic N) is 5. The molecule has 0 spiro atoms. The molecule has 4 heterocycles. The van der Waals surface area contributed by atoms with Crippen molar-refractivity contribution in [3.63, 3.8) is 0 Å². The summed E-state index contributed by atoms with van der Waals surface area (Å²) in [6.07, 6.45) is 9.28. The molecule has 0 radical (unpaired) electrons. The molecular formula is C20H26ClN5O2S. The molecule has 29 heavy (non-hydrogen) atoms. The summed E-state index contributed by atoms with van der Waals surface area (Å²) in [5.74, 6) is 2.87. The number of hydrogen-bond donors (Lipinski definition) is 1. The number of piperidine rings is 1. The lowest BCUT2D eigenvalue weighted by Crippen LogP contribution is -2.38. The summed E-state index contributed by atoms with van der Waals surface area (Å²) in [6.45, 7) is 2.62. The topological polar surface area (TPSA) is 84.1 Å². The Kier molecular flexibility index (Phi) is 5.12. The molecule has 1 N–H and O–H groups in total. The van der Waals surface area contributed by atoms with E-state index in [4.69, 9.17) is 16.7 Å². The summed E-state index contributed by atoms with van der Waals surface area (Å²) in [4.78, 5) is 11.1. The first-order valence-electron chi connectivity index (χ1n) is 10.4. The Labute approximate surface area is 177 Å². The first kappa shape index (κ1) is 19.5. The zero-order valence-electron chi connectivity index (χ0n) is 16.4. The predicted octanol–water partition coefficient (Wildman–Crippen LogP) is 2.54. The molecule has 0 bridgehead atoms. The average molecular weight is 436 g/mol. The van der Waals surface area contributed by atoms with E-state index in [1.807, 2.05) is 4.68 Å². The quantitative estimate of drug-likeness (QED) is 0.776. The molecule has 1 atom stereocenters. The molecule has 1 aliphatic carbocycles. The fraction of sp³-hybridized carbons (Fsp3) is 0.650. The highest BCUT2D eigenvalue weighted by molar-refractivity contribution is 7.85. The molecule has 9 heteroatoms. The lowest BCUT2D eigenvalue weighted by atomic mass is 9.69. The fourth-order valence-corrected chi connectivity index (χ4v) is 6.33. The molecule has 1 saturated carbocycles. The van der Waals surface area contributed by atoms with Crippen LogP contribution < -0.4 is 4.90 Å². The van der Waals surface area contributed by atoms with Crippen molar-refractivity contribution in [1.29, 1.82) is 0 Å². The smallest absolute Gasteiger partial charge is 0.155 e. The highest BCUT2D eigenvalue weighted by atomic mass is 35.5. The molecule has 2 aliphatic heterocycles. The zero-order chi connectivity index (χ0) is 20.0. The lowest BCUT2D eigenvalue weighted by molar-refractivity contribution is 0.0219. The Hall–Kier alpha value is -1.51. The number of anilines is 1. The van der Waals surface area contributed by atoms with Crippen molar-refractivity contribution >= 4 is 28.2 Å². The Morgan fingerprint density at radius 1 is 1.24 bits per heavy atom. The number of halogens is 1. The van der Waals surface area contributed by atoms with Crippen LogP contribution in [-0.2, 0) is 23.8 Å². The van der Waals surface area contributed by atoms with Crippen molar-refractivity contribution in [2.24, 2.45) is 5.41 Å². The van der Waals surface area contributed by atoms with Crippen molar-refractivity contribution in [2.45, 2.75) is 56.0 Å². The predicted molar refractivity (Wildman–Crippen MR) is 112 cm³/mol. The number of aromatic nitrogens is 4. The van der Waals surface area contributed by atoms with Crippen LogP contribution in [0.15, 0.2) is 17.4 Å². The minimum Gasteiger partial charge on any atom is -0.396 e. The van der Waals surface area contributed by atoms with Crippen LogP contribution in [0.4, 0.5) is 5.82 Å². The van der Waals surface area contributed by atoms with E-state index in [9.17, 15) is 9.32 Å². The molecule has 2 aromatic heterocycles. The van der Waals surface area contributed by atoms with Crippen molar-refractivity contribution < 1.29 is 9.32 Å². The average Bonchev–Trinajstić information content (AvgIpc) is 3.26. The molecule has 1 saturated heterocycles. The number of aliphatic hydroxyl groups excluding tert-OH is 1. The number of fused-ring (bicyclic) bond motifs is 1. The first-order valence-corrected chi connectivity index (χ1v) is 12.1. The largest absolute Gasteiger partial charge is 0.396 e. The Bertz CT molecular complexity index is 914. The van der Waals surface area contributed by atoms with E-state index >= 15 is 0 Å². The van der Waals surface area contributed by atoms with Gasteiger partial charge >= 0.3 is 0 Å². The van der Waals surface area contributed by atoms with Crippen LogP contribution >= 0.6 is 11.6 Å². The maximum absolute atomic E-state index is 12.7. The van der Waals surface area contributed by atoms with E-state index in [0.29, 0.717) is 23.2 Å². The SMILES string of the molecule is O=S1CCc2c(N3CCC(c4ncc(Cl)cn4)CC3)nn(CC3(CO)CCC3)c21. The summed E-state index contributed by atoms with van der Waals surface area (Å²) in [7, 11) is -0.987. The standard InChI is InChI=1S/C20H26ClN5O2S/c21-15-10-22-17(23-11-15)14-2-7-25(8-3-14)18-16-4-9-29(28)19(16)26(24-18)12-20(13-27)5-1-6-20/h10-11,14,27H,1-9,12-13H2. The second kappa shape index (κ2) is 7.63. The third kappa shape index (κ3) is 3.49. The van der Waals surface area contributed by atoms with Gasteiger partial charge in [-0.1, -0.05) is 18.0 Å². The minimum absolute atomic E-state index is 0.0806. The van der Waals surface area contributed by atoms with Gasteiger partial charge in [0.2, 0.25) is 0 Å². The molecule has 5 rings (SSSR count). The number of aliphatic hydroxyl groups is 1. The Balaban J connectivity index is 1.35. The van der Waals surface area contributed by atoms with Crippen molar-refractivity contribution in [3.8, 4) is 0 Å². The van der Waals surface area contributed by atoms with Crippen LogP contribution in [0, 0.1) is 5.41 Å². The van der Waals surface area contributed by atoms with Gasteiger partial charge in [-0.25, -0.2) is 9.97 Å². The Morgan fingerprint density at radius 2 is 1.97 bits per heavy atom. The third-order valence-electron chi connectivity index (χ3n) is 6.77. The van der Waals surface area contributed by atoms with Crippen molar-refractivity contribution in [3.05, 3.63) is 28.8 Å². The van der Waals surface area contributed by atoms with Crippen LogP contribution in [0.25, 0.3) is 0 Å². The second-order valence-electron chi connectivity index (χ2n) is 8.60. The van der Waals surface area contributed by atoms with Gasteiger partial charge in [0.15, 0.2) is 5.82 Å². The van der Waals surface area contributed by atoms with Gasteiger partial charge in [-0.2, -0.15) is 5.10 Å². The zero-order valence-corrected chi connectivity index (χ0v) is 18.0. The normalized spacial score (nSPS) is 23.8. The number of rotatable bonds is 5. The highest BCUT2D eigenvalue weighted by Gasteiger charge is 2.40. The molecule has 2 aromatic rings. The van der Waals surface area contributed by atoms with E-state index < -0.39 is 10.8 Å². The summed E-state index contributed by atoms with van der Waals surface area (Å²) in [5, 5.41) is 16.2. The maximum atomic E-state index is 12.7. The molecule has 7 nitrogen and oxygen atoms in total. The van der Waals surface area contributed by atoms with Gasteiger partial charge in [0, 0.05) is 48.1 Å². The monoisotopic (exact) mass is 435 g/mol. The van der Waals surface area contributed by atoms with Gasteiger partial charge < -0.3 is 10.0 Å². The molecule has 3 aliphatic rings. The van der Waals surface area contributed by atoms with Crippen LogP contribution in [0.5, 0.6) is 0 Å². The minimum atomic E-state index is -0.987. The van der Waals surface area contributed by atoms with Crippen LogP contribution in [0.2, 0.25) is 5.02 Å². The van der Waals surface area contributed by atoms with Gasteiger partial charge in [0.1, 0.15) is 10.9 Å². The van der Waals surface area contributed by atoms with Crippen LogP contribution in [0.3, 0.4) is 0 Å². The summed E-state index contributed by atoms with van der Waals surface area (Å²) in [5.41, 5.74) is 1.07. The van der Waals surface area contributed by atoms with Gasteiger partial charge in [0.05, 0.1) is 29.0 Å². The lowest BCUT2D eigenvalue weighted by Gasteiger charge is -2.40. The third-order valence-corrected chi connectivity index (χ3v) is 8.42. The first-order chi connectivity index (χ1) is 14.1. The van der Waals surface area contributed by atoms with E-state index in [1.54, 1.807) is 12.4 Å². The highest BCUT2D eigenvalue weighted by Crippen LogP contribution is 2.44.